The van der Waals surface area contributed by atoms with E-state index in [0.717, 1.165) is 0 Å². The van der Waals surface area contributed by atoms with Gasteiger partial charge in [0.15, 0.2) is 0 Å². The molecule has 0 fully saturated rings. The maximum absolute atomic E-state index is 2.80. The molecule has 10 aromatic carbocycles. The molecular formula is C61H73B33N2. The van der Waals surface area contributed by atoms with E-state index in [-0.39, 0.29) is 0 Å². The average Bonchev–Trinajstić information content (AvgIpc) is 1.48. The zero-order valence-electron chi connectivity index (χ0n) is 64.9. The second kappa shape index (κ2) is 23.3. The lowest BCUT2D eigenvalue weighted by Gasteiger charge is -2.40. The number of anilines is 3. The summed E-state index contributed by atoms with van der Waals surface area (Å²) in [5.41, 5.74) is 69.3. The van der Waals surface area contributed by atoms with Crippen molar-refractivity contribution in [2.45, 2.75) is 5.41 Å². The fourth-order valence-corrected chi connectivity index (χ4v) is 19.7. The Kier molecular flexibility index (Phi) is 16.6. The molecular weight excluding hydrogens is 1120 g/mol. The lowest BCUT2D eigenvalue weighted by molar-refractivity contribution is 0.806. The topological polar surface area (TPSA) is 8.17 Å². The SMILES string of the molecule is Bc1c(B)c(B)c(-c2c(B)c(B)c(N(c3c(B)c(B)c(-c4cccc5c4-c4ccccc4C54c5c(B)c(B)c(B)c(B)c5-c5c(B)c(B)c(B)c(B)c54)c(B)c3B)c3c(B)c(B)c(-n4c5c(B)c(B)c(B)c(B)c5c5c(B)c(B)c(B)c(B)c54)c(B)c3B)c(B)c2B)c(B)c1B. The zero-order valence-corrected chi connectivity index (χ0v) is 64.9. The van der Waals surface area contributed by atoms with Crippen molar-refractivity contribution < 1.29 is 0 Å². The second-order valence-electron chi connectivity index (χ2n) is 30.8. The smallest absolute Gasteiger partial charge is 0.141 e. The van der Waals surface area contributed by atoms with Crippen LogP contribution in [0.4, 0.5) is 17.1 Å². The number of rotatable bonds is 6. The highest BCUT2D eigenvalue weighted by Gasteiger charge is 2.55. The van der Waals surface area contributed by atoms with Crippen molar-refractivity contribution in [3.63, 3.8) is 0 Å². The molecule has 2 nitrogen and oxygen atoms in total. The number of hydrogen-bond donors (Lipinski definition) is 0. The molecule has 11 aromatic rings. The van der Waals surface area contributed by atoms with Gasteiger partial charge in [0.05, 0.1) is 5.41 Å². The van der Waals surface area contributed by atoms with Crippen LogP contribution in [0.15, 0.2) is 42.5 Å². The van der Waals surface area contributed by atoms with Crippen molar-refractivity contribution >= 4 is 478 Å². The van der Waals surface area contributed by atoms with Crippen molar-refractivity contribution in [2.24, 2.45) is 0 Å². The molecule has 0 saturated heterocycles. The third-order valence-corrected chi connectivity index (χ3v) is 27.6. The van der Waals surface area contributed by atoms with E-state index in [1.54, 1.807) is 0 Å². The van der Waals surface area contributed by atoms with E-state index in [1.807, 2.05) is 0 Å². The van der Waals surface area contributed by atoms with E-state index in [2.05, 4.69) is 311 Å². The van der Waals surface area contributed by atoms with Crippen molar-refractivity contribution in [1.82, 2.24) is 4.57 Å². The normalized spacial score (nSPS) is 12.6. The molecule has 96 heavy (non-hydrogen) atoms. The molecule has 0 saturated carbocycles. The van der Waals surface area contributed by atoms with Gasteiger partial charge in [-0.1, -0.05) is 174 Å². The van der Waals surface area contributed by atoms with Crippen LogP contribution in [-0.2, 0) is 5.41 Å². The molecule has 0 unspecified atom stereocenters. The van der Waals surface area contributed by atoms with E-state index >= 15 is 0 Å². The van der Waals surface area contributed by atoms with Gasteiger partial charge in [-0.2, -0.15) is 0 Å². The molecule has 1 aromatic heterocycles. The van der Waals surface area contributed by atoms with Crippen LogP contribution in [-0.4, -0.2) is 263 Å². The van der Waals surface area contributed by atoms with Gasteiger partial charge in [-0.3, -0.25) is 0 Å². The summed E-state index contributed by atoms with van der Waals surface area (Å²) in [7, 11) is 79.0. The first-order chi connectivity index (χ1) is 45.0. The third kappa shape index (κ3) is 8.54. The van der Waals surface area contributed by atoms with Crippen molar-refractivity contribution in [3.8, 4) is 50.2 Å². The van der Waals surface area contributed by atoms with Crippen LogP contribution >= 0.6 is 0 Å². The van der Waals surface area contributed by atoms with Gasteiger partial charge >= 0.3 is 0 Å². The van der Waals surface area contributed by atoms with Crippen LogP contribution in [0.2, 0.25) is 0 Å². The van der Waals surface area contributed by atoms with Crippen LogP contribution in [0.3, 0.4) is 0 Å². The first-order valence-electron chi connectivity index (χ1n) is 35.7. The van der Waals surface area contributed by atoms with Crippen LogP contribution < -0.4 is 185 Å². The molecule has 0 N–H and O–H groups in total. The maximum Gasteiger partial charge on any atom is 0.141 e. The van der Waals surface area contributed by atoms with E-state index in [1.165, 1.54) is 292 Å². The average molecular weight is 1190 g/mol. The predicted octanol–water partition coefficient (Wildman–Crippen LogP) is -41.5. The van der Waals surface area contributed by atoms with E-state index in [0.29, 0.717) is 0 Å². The Morgan fingerprint density at radius 3 is 0.896 bits per heavy atom. The molecule has 0 aliphatic heterocycles. The fraction of sp³-hybridized carbons (Fsp3) is 0.0164. The largest absolute Gasteiger partial charge is 0.314 e. The molecule has 2 aliphatic rings. The highest BCUT2D eigenvalue weighted by molar-refractivity contribution is 6.76. The first-order valence-corrected chi connectivity index (χ1v) is 35.7. The Morgan fingerprint density at radius 2 is 0.500 bits per heavy atom. The number of benzene rings is 10. The van der Waals surface area contributed by atoms with Crippen molar-refractivity contribution in [1.29, 1.82) is 0 Å². The lowest BCUT2D eigenvalue weighted by Crippen LogP contribution is -2.57. The van der Waals surface area contributed by atoms with Gasteiger partial charge in [-0.25, -0.2) is 0 Å². The summed E-state index contributed by atoms with van der Waals surface area (Å²) >= 11 is 0. The Labute approximate surface area is 603 Å². The number of hydrogen-bond acceptors (Lipinski definition) is 1. The quantitative estimate of drug-likeness (QED) is 0.151. The number of nitrogens with zero attached hydrogens (tertiary/aromatic N) is 2. The Hall–Kier alpha value is -6.06. The molecule has 2 aliphatic carbocycles. The summed E-state index contributed by atoms with van der Waals surface area (Å²) in [5, 5.41) is 2.80. The first kappa shape index (κ1) is 68.5. The van der Waals surface area contributed by atoms with Gasteiger partial charge in [-0.15, -0.1) is 49.2 Å². The van der Waals surface area contributed by atoms with E-state index < -0.39 is 5.41 Å². The van der Waals surface area contributed by atoms with Crippen LogP contribution in [0.25, 0.3) is 72.0 Å². The maximum atomic E-state index is 2.80. The Morgan fingerprint density at radius 1 is 0.219 bits per heavy atom. The summed E-state index contributed by atoms with van der Waals surface area (Å²) in [6.07, 6.45) is 0. The molecule has 0 radical (unpaired) electrons. The summed E-state index contributed by atoms with van der Waals surface area (Å²) in [6.45, 7) is 0. The molecule has 1 spiro atoms. The zero-order chi connectivity index (χ0) is 70.2. The van der Waals surface area contributed by atoms with Gasteiger partial charge in [-0.05, 0) is 77.5 Å². The standard InChI is InChI=1S/C61H73B33N2/c62-22-13(9-5-3-7-11-12(9)8-4-1-2-6-10(8)61(11)20-14(24(64)34(74)40(80)32(20)72)15-21(61)33(73)41(81)35(75)25(15)65)23(63)46(86)57(45(22)85)96(58-47(87)28(68)17(29(69)48(58)88)16-26(66)36(76)42(82)37(77)27(16)67)60-53(93)51(91)59(52(92)54(60)94)95-55-18(30(70)38(78)43(83)49(55)89)19-31(71)39(79)44(84)50(90)56(19)95/h1-7H,62-94H2. The fourth-order valence-electron chi connectivity index (χ4n) is 19.7. The van der Waals surface area contributed by atoms with Gasteiger partial charge in [0.2, 0.25) is 0 Å². The summed E-state index contributed by atoms with van der Waals surface area (Å²) in [4.78, 5) is 2.80. The van der Waals surface area contributed by atoms with E-state index in [4.69, 9.17) is 0 Å². The predicted molar refractivity (Wildman–Crippen MR) is 533 cm³/mol. The molecule has 0 atom stereocenters. The highest BCUT2D eigenvalue weighted by Crippen LogP contribution is 2.62. The lowest BCUT2D eigenvalue weighted by atomic mass is 9.56. The molecule has 1 heterocycles. The van der Waals surface area contributed by atoms with Gasteiger partial charge in [0, 0.05) is 33.8 Å². The van der Waals surface area contributed by atoms with Crippen molar-refractivity contribution in [3.05, 3.63) is 64.7 Å². The van der Waals surface area contributed by atoms with Crippen molar-refractivity contribution in [2.75, 3.05) is 4.90 Å². The molecule has 0 amide bonds. The Balaban J connectivity index is 1.15. The Bertz CT molecular complexity index is 5280. The molecule has 426 valence electrons. The van der Waals surface area contributed by atoms with Crippen LogP contribution in [0.1, 0.15) is 22.3 Å². The van der Waals surface area contributed by atoms with Gasteiger partial charge in [0.1, 0.15) is 259 Å². The summed E-state index contributed by atoms with van der Waals surface area (Å²) in [6, 6.07) is 16.9. The molecule has 13 rings (SSSR count). The van der Waals surface area contributed by atoms with Crippen LogP contribution in [0, 0.1) is 0 Å². The second-order valence-corrected chi connectivity index (χ2v) is 30.8. The van der Waals surface area contributed by atoms with Gasteiger partial charge in [0.25, 0.3) is 0 Å². The summed E-state index contributed by atoms with van der Waals surface area (Å²) < 4.78 is 2.74. The third-order valence-electron chi connectivity index (χ3n) is 27.6. The molecule has 0 bridgehead atoms. The van der Waals surface area contributed by atoms with E-state index in [9.17, 15) is 0 Å². The monoisotopic (exact) mass is 1200 g/mol. The summed E-state index contributed by atoms with van der Waals surface area (Å²) in [5.74, 6) is 0. The number of aromatic nitrogens is 1. The minimum absolute atomic E-state index is 0.499. The minimum atomic E-state index is -0.499. The number of fused-ring (bicyclic) bond motifs is 13. The minimum Gasteiger partial charge on any atom is -0.314 e. The van der Waals surface area contributed by atoms with Crippen LogP contribution in [0.5, 0.6) is 0 Å². The van der Waals surface area contributed by atoms with Gasteiger partial charge < -0.3 is 9.47 Å². The highest BCUT2D eigenvalue weighted by atomic mass is 15.2. The molecule has 35 heteroatoms.